The van der Waals surface area contributed by atoms with E-state index in [4.69, 9.17) is 9.47 Å². The highest BCUT2D eigenvalue weighted by molar-refractivity contribution is 6.20. The van der Waals surface area contributed by atoms with Crippen LogP contribution in [0.5, 0.6) is 11.5 Å². The molecule has 4 rings (SSSR count). The molecule has 0 saturated carbocycles. The Bertz CT molecular complexity index is 1190. The summed E-state index contributed by atoms with van der Waals surface area (Å²) in [6.07, 6.45) is 4.33. The molecule has 172 valence electrons. The van der Waals surface area contributed by atoms with Crippen LogP contribution in [-0.2, 0) is 30.3 Å². The minimum absolute atomic E-state index is 0.0830. The fraction of sp³-hybridized carbons (Fsp3) is 0.375. The van der Waals surface area contributed by atoms with Gasteiger partial charge in [-0.05, 0) is 6.92 Å². The van der Waals surface area contributed by atoms with Gasteiger partial charge in [0.15, 0.2) is 23.0 Å². The molecule has 9 heteroatoms. The Balaban J connectivity index is 2.00. The largest absolute Gasteiger partial charge is 0.507 e. The first-order valence-corrected chi connectivity index (χ1v) is 10.4. The Morgan fingerprint density at radius 3 is 1.94 bits per heavy atom. The summed E-state index contributed by atoms with van der Waals surface area (Å²) in [6, 6.07) is 0. The highest BCUT2D eigenvalue weighted by Gasteiger charge is 2.52. The monoisotopic (exact) mass is 454 g/mol. The topological polar surface area (TPSA) is 144 Å². The summed E-state index contributed by atoms with van der Waals surface area (Å²) in [4.78, 5) is 62.7. The van der Waals surface area contributed by atoms with Crippen molar-refractivity contribution in [1.29, 1.82) is 0 Å². The first kappa shape index (κ1) is 22.4. The maximum Gasteiger partial charge on any atom is 0.303 e. The van der Waals surface area contributed by atoms with Crippen molar-refractivity contribution < 1.29 is 43.7 Å². The fourth-order valence-electron chi connectivity index (χ4n) is 4.99. The van der Waals surface area contributed by atoms with Crippen LogP contribution < -0.4 is 0 Å². The Hall–Kier alpha value is -3.75. The van der Waals surface area contributed by atoms with E-state index in [-0.39, 0.29) is 35.1 Å². The van der Waals surface area contributed by atoms with Crippen molar-refractivity contribution in [3.63, 3.8) is 0 Å². The zero-order valence-corrected chi connectivity index (χ0v) is 18.2. The third kappa shape index (κ3) is 3.35. The molecule has 0 radical (unpaired) electrons. The lowest BCUT2D eigenvalue weighted by atomic mass is 9.68. The van der Waals surface area contributed by atoms with Crippen molar-refractivity contribution in [2.75, 3.05) is 0 Å². The predicted octanol–water partition coefficient (Wildman–Crippen LogP) is 2.28. The number of esters is 2. The van der Waals surface area contributed by atoms with Gasteiger partial charge >= 0.3 is 11.9 Å². The number of fused-ring (bicyclic) bond motifs is 3. The molecule has 0 heterocycles. The van der Waals surface area contributed by atoms with Crippen molar-refractivity contribution in [3.8, 4) is 11.5 Å². The molecule has 33 heavy (non-hydrogen) atoms. The normalized spacial score (nSPS) is 27.3. The molecule has 1 aromatic carbocycles. The van der Waals surface area contributed by atoms with Crippen molar-refractivity contribution in [2.45, 2.75) is 45.3 Å². The first-order valence-electron chi connectivity index (χ1n) is 10.4. The smallest absolute Gasteiger partial charge is 0.303 e. The van der Waals surface area contributed by atoms with Crippen molar-refractivity contribution in [1.82, 2.24) is 0 Å². The highest BCUT2D eigenvalue weighted by atomic mass is 16.6. The molecule has 0 aromatic heterocycles. The van der Waals surface area contributed by atoms with Gasteiger partial charge in [-0.3, -0.25) is 24.0 Å². The summed E-state index contributed by atoms with van der Waals surface area (Å²) in [5, 5.41) is 22.3. The second kappa shape index (κ2) is 7.68. The third-order valence-corrected chi connectivity index (χ3v) is 6.41. The van der Waals surface area contributed by atoms with Crippen LogP contribution in [0.1, 0.15) is 65.1 Å². The van der Waals surface area contributed by atoms with Crippen LogP contribution in [0.2, 0.25) is 0 Å². The number of hydrogen-bond donors (Lipinski definition) is 2. The first-order chi connectivity index (χ1) is 15.5. The van der Waals surface area contributed by atoms with Crippen molar-refractivity contribution >= 4 is 29.3 Å². The van der Waals surface area contributed by atoms with Crippen molar-refractivity contribution in [3.05, 3.63) is 46.6 Å². The maximum atomic E-state index is 13.2. The quantitative estimate of drug-likeness (QED) is 0.519. The van der Waals surface area contributed by atoms with Crippen LogP contribution >= 0.6 is 0 Å². The molecular weight excluding hydrogens is 432 g/mol. The average Bonchev–Trinajstić information content (AvgIpc) is 2.73. The van der Waals surface area contributed by atoms with Crippen LogP contribution in [0, 0.1) is 11.8 Å². The summed E-state index contributed by atoms with van der Waals surface area (Å²) in [5.74, 6) is -6.12. The molecular formula is C24H22O9. The number of ketones is 3. The Morgan fingerprint density at radius 2 is 1.45 bits per heavy atom. The van der Waals surface area contributed by atoms with Gasteiger partial charge in [-0.15, -0.1) is 0 Å². The number of phenolic OH excluding ortho intramolecular Hbond substituents is 2. The van der Waals surface area contributed by atoms with Gasteiger partial charge in [0.1, 0.15) is 17.6 Å². The van der Waals surface area contributed by atoms with Crippen LogP contribution in [0.25, 0.3) is 0 Å². The molecule has 3 aliphatic rings. The highest BCUT2D eigenvalue weighted by Crippen LogP contribution is 2.53. The van der Waals surface area contributed by atoms with Gasteiger partial charge in [0.25, 0.3) is 0 Å². The Labute approximate surface area is 188 Å². The van der Waals surface area contributed by atoms with E-state index < -0.39 is 64.3 Å². The van der Waals surface area contributed by atoms with Gasteiger partial charge < -0.3 is 19.7 Å². The molecule has 0 fully saturated rings. The summed E-state index contributed by atoms with van der Waals surface area (Å²) in [5.41, 5.74) is -2.68. The predicted molar refractivity (Wildman–Crippen MR) is 112 cm³/mol. The maximum absolute atomic E-state index is 13.2. The number of carbonyl (C=O) groups is 5. The molecule has 0 aliphatic heterocycles. The molecule has 0 spiro atoms. The number of carbonyl (C=O) groups excluding carboxylic acids is 5. The lowest BCUT2D eigenvalue weighted by Gasteiger charge is -2.40. The second-order valence-electron chi connectivity index (χ2n) is 8.51. The minimum Gasteiger partial charge on any atom is -0.507 e. The van der Waals surface area contributed by atoms with E-state index in [0.717, 1.165) is 13.8 Å². The van der Waals surface area contributed by atoms with Gasteiger partial charge in [-0.2, -0.15) is 0 Å². The average molecular weight is 454 g/mol. The molecule has 4 atom stereocenters. The van der Waals surface area contributed by atoms with E-state index in [1.807, 2.05) is 0 Å². The van der Waals surface area contributed by atoms with Gasteiger partial charge in [-0.25, -0.2) is 0 Å². The van der Waals surface area contributed by atoms with Crippen LogP contribution in [0.15, 0.2) is 24.3 Å². The minimum atomic E-state index is -1.80. The molecule has 0 bridgehead atoms. The summed E-state index contributed by atoms with van der Waals surface area (Å²) < 4.78 is 10.7. The van der Waals surface area contributed by atoms with E-state index in [1.165, 1.54) is 6.92 Å². The van der Waals surface area contributed by atoms with E-state index in [1.54, 1.807) is 24.3 Å². The van der Waals surface area contributed by atoms with Gasteiger partial charge in [0.05, 0.1) is 23.0 Å². The molecule has 9 nitrogen and oxygen atoms in total. The molecule has 0 saturated heterocycles. The fourth-order valence-corrected chi connectivity index (χ4v) is 4.99. The number of allylic oxidation sites excluding steroid dienone is 4. The molecule has 0 amide bonds. The zero-order valence-electron chi connectivity index (χ0n) is 18.2. The SMILES string of the molecule is CC(=O)OC1CC(OC(C)=O)(C(C)=O)Cc2c(O)c3c(c(O)c21)C(=O)C1C=CC=CC1C3=O. The summed E-state index contributed by atoms with van der Waals surface area (Å²) >= 11 is 0. The van der Waals surface area contributed by atoms with Gasteiger partial charge in [0.2, 0.25) is 0 Å². The number of phenols is 2. The number of rotatable bonds is 3. The van der Waals surface area contributed by atoms with E-state index >= 15 is 0 Å². The van der Waals surface area contributed by atoms with E-state index in [2.05, 4.69) is 0 Å². The Kier molecular flexibility index (Phi) is 5.23. The lowest BCUT2D eigenvalue weighted by Crippen LogP contribution is -2.48. The summed E-state index contributed by atoms with van der Waals surface area (Å²) in [7, 11) is 0. The molecule has 2 N–H and O–H groups in total. The standard InChI is InChI=1S/C24H22O9/c1-10(25)24(33-12(3)27)8-15-17(16(9-24)32-11(2)26)23(31)19-18(22(15)30)20(28)13-6-4-5-7-14(13)21(19)29/h4-7,13-14,16,30-31H,8-9H2,1-3H3. The molecule has 1 aromatic rings. The third-order valence-electron chi connectivity index (χ3n) is 6.41. The van der Waals surface area contributed by atoms with E-state index in [0.29, 0.717) is 0 Å². The molecule has 4 unspecified atom stereocenters. The number of ether oxygens (including phenoxy) is 2. The van der Waals surface area contributed by atoms with E-state index in [9.17, 15) is 34.2 Å². The van der Waals surface area contributed by atoms with Crippen molar-refractivity contribution in [2.24, 2.45) is 11.8 Å². The van der Waals surface area contributed by atoms with Gasteiger partial charge in [-0.1, -0.05) is 24.3 Å². The number of benzene rings is 1. The van der Waals surface area contributed by atoms with Gasteiger partial charge in [0, 0.05) is 37.8 Å². The van der Waals surface area contributed by atoms with Crippen LogP contribution in [0.4, 0.5) is 0 Å². The van der Waals surface area contributed by atoms with Crippen LogP contribution in [-0.4, -0.2) is 45.1 Å². The zero-order chi connectivity index (χ0) is 24.2. The number of hydrogen-bond acceptors (Lipinski definition) is 9. The number of Topliss-reactive ketones (excluding diaryl/α,β-unsaturated/α-hetero) is 3. The number of aromatic hydroxyl groups is 2. The Morgan fingerprint density at radius 1 is 0.909 bits per heavy atom. The second-order valence-corrected chi connectivity index (χ2v) is 8.51. The lowest BCUT2D eigenvalue weighted by molar-refractivity contribution is -0.173. The van der Waals surface area contributed by atoms with Crippen LogP contribution in [0.3, 0.4) is 0 Å². The summed E-state index contributed by atoms with van der Waals surface area (Å²) in [6.45, 7) is 3.41. The molecule has 3 aliphatic carbocycles.